The van der Waals surface area contributed by atoms with Gasteiger partial charge in [0.15, 0.2) is 0 Å². The molecule has 4 nitrogen and oxygen atoms in total. The van der Waals surface area contributed by atoms with E-state index in [2.05, 4.69) is 14.8 Å². The zero-order chi connectivity index (χ0) is 13.2. The number of halogens is 1. The Morgan fingerprint density at radius 2 is 2.11 bits per heavy atom. The first kappa shape index (κ1) is 13.2. The monoisotopic (exact) mass is 280 g/mol. The van der Waals surface area contributed by atoms with Gasteiger partial charge in [0, 0.05) is 19.1 Å². The summed E-state index contributed by atoms with van der Waals surface area (Å²) in [4.78, 5) is 9.48. The van der Waals surface area contributed by atoms with E-state index in [0.717, 1.165) is 36.4 Å². The number of pyridine rings is 1. The van der Waals surface area contributed by atoms with Gasteiger partial charge < -0.3 is 5.73 Å². The van der Waals surface area contributed by atoms with E-state index < -0.39 is 0 Å². The lowest BCUT2D eigenvalue weighted by Gasteiger charge is -2.25. The van der Waals surface area contributed by atoms with Crippen LogP contribution in [0.1, 0.15) is 25.0 Å². The van der Waals surface area contributed by atoms with Crippen LogP contribution >= 0.6 is 11.6 Å². The summed E-state index contributed by atoms with van der Waals surface area (Å²) in [5, 5.41) is 0.724. The molecule has 3 heterocycles. The third kappa shape index (κ3) is 3.02. The number of rotatable bonds is 2. The quantitative estimate of drug-likeness (QED) is 0.900. The van der Waals surface area contributed by atoms with Crippen LogP contribution < -0.4 is 5.73 Å². The highest BCUT2D eigenvalue weighted by molar-refractivity contribution is 6.31. The van der Waals surface area contributed by atoms with Crippen molar-refractivity contribution < 1.29 is 0 Å². The first-order chi connectivity index (χ1) is 9.22. The average Bonchev–Trinajstić information content (AvgIpc) is 2.73. The van der Waals surface area contributed by atoms with Crippen LogP contribution in [0.15, 0.2) is 12.1 Å². The van der Waals surface area contributed by atoms with Crippen molar-refractivity contribution in [1.29, 1.82) is 0 Å². The molecule has 0 amide bonds. The first-order valence-corrected chi connectivity index (χ1v) is 7.47. The molecule has 0 radical (unpaired) electrons. The van der Waals surface area contributed by atoms with Crippen molar-refractivity contribution in [3.05, 3.63) is 22.8 Å². The Labute approximate surface area is 119 Å². The highest BCUT2D eigenvalue weighted by atomic mass is 35.5. The van der Waals surface area contributed by atoms with Crippen molar-refractivity contribution >= 4 is 17.4 Å². The molecule has 2 N–H and O–H groups in total. The van der Waals surface area contributed by atoms with E-state index >= 15 is 0 Å². The third-order valence-corrected chi connectivity index (χ3v) is 4.55. The van der Waals surface area contributed by atoms with E-state index in [1.165, 1.54) is 32.4 Å². The van der Waals surface area contributed by atoms with Crippen LogP contribution in [0.3, 0.4) is 0 Å². The van der Waals surface area contributed by atoms with Gasteiger partial charge in [-0.1, -0.05) is 11.6 Å². The number of hydrogen-bond donors (Lipinski definition) is 1. The summed E-state index contributed by atoms with van der Waals surface area (Å²) in [5.74, 6) is 0.553. The maximum Gasteiger partial charge on any atom is 0.123 e. The largest absolute Gasteiger partial charge is 0.384 e. The minimum Gasteiger partial charge on any atom is -0.384 e. The van der Waals surface area contributed by atoms with Crippen LogP contribution in [0.2, 0.25) is 5.02 Å². The minimum absolute atomic E-state index is 0.553. The lowest BCUT2D eigenvalue weighted by Crippen LogP contribution is -2.36. The Bertz CT molecular complexity index is 451. The van der Waals surface area contributed by atoms with Gasteiger partial charge in [-0.2, -0.15) is 0 Å². The second-order valence-electron chi connectivity index (χ2n) is 5.59. The highest BCUT2D eigenvalue weighted by Gasteiger charge is 2.28. The Hall–Kier alpha value is -0.840. The van der Waals surface area contributed by atoms with E-state index in [1.54, 1.807) is 6.07 Å². The molecule has 104 valence electrons. The molecule has 19 heavy (non-hydrogen) atoms. The molecule has 2 aliphatic heterocycles. The van der Waals surface area contributed by atoms with Crippen molar-refractivity contribution in [2.75, 3.05) is 31.9 Å². The van der Waals surface area contributed by atoms with Gasteiger partial charge in [-0.3, -0.25) is 9.80 Å². The summed E-state index contributed by atoms with van der Waals surface area (Å²) in [6.07, 6.45) is 3.90. The van der Waals surface area contributed by atoms with Gasteiger partial charge in [0.1, 0.15) is 5.82 Å². The molecule has 1 unspecified atom stereocenters. The fourth-order valence-electron chi connectivity index (χ4n) is 3.25. The lowest BCUT2D eigenvalue weighted by molar-refractivity contribution is 0.214. The topological polar surface area (TPSA) is 45.4 Å². The maximum absolute atomic E-state index is 6.21. The van der Waals surface area contributed by atoms with Crippen molar-refractivity contribution in [3.8, 4) is 0 Å². The number of hydrogen-bond acceptors (Lipinski definition) is 4. The van der Waals surface area contributed by atoms with Crippen LogP contribution in [-0.4, -0.2) is 47.0 Å². The number of anilines is 1. The molecule has 5 heteroatoms. The molecule has 0 saturated carbocycles. The first-order valence-electron chi connectivity index (χ1n) is 7.09. The third-order valence-electron chi connectivity index (χ3n) is 4.20. The molecule has 3 rings (SSSR count). The summed E-state index contributed by atoms with van der Waals surface area (Å²) in [7, 11) is 0. The predicted molar refractivity (Wildman–Crippen MR) is 78.1 cm³/mol. The standard InChI is InChI=1S/C14H21ClN4/c15-12-4-5-14(16)17-13(12)10-18-6-2-8-19-7-1-3-11(19)9-18/h4-5,11H,1-3,6-10H2,(H2,16,17). The van der Waals surface area contributed by atoms with Gasteiger partial charge in [-0.25, -0.2) is 4.98 Å². The average molecular weight is 281 g/mol. The van der Waals surface area contributed by atoms with E-state index in [-0.39, 0.29) is 0 Å². The zero-order valence-corrected chi connectivity index (χ0v) is 11.9. The van der Waals surface area contributed by atoms with E-state index in [9.17, 15) is 0 Å². The van der Waals surface area contributed by atoms with Gasteiger partial charge in [-0.15, -0.1) is 0 Å². The van der Waals surface area contributed by atoms with Crippen LogP contribution in [0.4, 0.5) is 5.82 Å². The number of aromatic nitrogens is 1. The molecule has 2 fully saturated rings. The highest BCUT2D eigenvalue weighted by Crippen LogP contribution is 2.23. The molecular weight excluding hydrogens is 260 g/mol. The Balaban J connectivity index is 1.70. The molecule has 1 atom stereocenters. The van der Waals surface area contributed by atoms with Gasteiger partial charge >= 0.3 is 0 Å². The van der Waals surface area contributed by atoms with E-state index in [4.69, 9.17) is 17.3 Å². The van der Waals surface area contributed by atoms with Crippen molar-refractivity contribution in [2.45, 2.75) is 31.8 Å². The molecule has 1 aromatic heterocycles. The lowest BCUT2D eigenvalue weighted by atomic mass is 10.2. The minimum atomic E-state index is 0.553. The molecule has 0 spiro atoms. The van der Waals surface area contributed by atoms with Crippen LogP contribution in [0.25, 0.3) is 0 Å². The summed E-state index contributed by atoms with van der Waals surface area (Å²) >= 11 is 6.21. The predicted octanol–water partition coefficient (Wildman–Crippen LogP) is 1.99. The maximum atomic E-state index is 6.21. The van der Waals surface area contributed by atoms with E-state index in [0.29, 0.717) is 5.82 Å². The summed E-state index contributed by atoms with van der Waals surface area (Å²) in [6.45, 7) is 5.58. The van der Waals surface area contributed by atoms with Gasteiger partial charge in [0.2, 0.25) is 0 Å². The molecule has 2 saturated heterocycles. The van der Waals surface area contributed by atoms with Crippen molar-refractivity contribution in [1.82, 2.24) is 14.8 Å². The number of fused-ring (bicyclic) bond motifs is 1. The Morgan fingerprint density at radius 3 is 3.00 bits per heavy atom. The van der Waals surface area contributed by atoms with Crippen molar-refractivity contribution in [2.24, 2.45) is 0 Å². The van der Waals surface area contributed by atoms with Gasteiger partial charge in [-0.05, 0) is 51.0 Å². The van der Waals surface area contributed by atoms with Crippen LogP contribution in [0, 0.1) is 0 Å². The normalized spacial score (nSPS) is 25.2. The summed E-state index contributed by atoms with van der Waals surface area (Å²) < 4.78 is 0. The molecular formula is C14H21ClN4. The van der Waals surface area contributed by atoms with Crippen LogP contribution in [-0.2, 0) is 6.54 Å². The molecule has 0 aromatic carbocycles. The Kier molecular flexibility index (Phi) is 3.91. The SMILES string of the molecule is Nc1ccc(Cl)c(CN2CCCN3CCCC3C2)n1. The van der Waals surface area contributed by atoms with Crippen LogP contribution in [0.5, 0.6) is 0 Å². The van der Waals surface area contributed by atoms with E-state index in [1.807, 2.05) is 6.07 Å². The van der Waals surface area contributed by atoms with Gasteiger partial charge in [0.25, 0.3) is 0 Å². The molecule has 2 aliphatic rings. The fourth-order valence-corrected chi connectivity index (χ4v) is 3.42. The molecule has 0 bridgehead atoms. The number of nitrogens with two attached hydrogens (primary N) is 1. The smallest absolute Gasteiger partial charge is 0.123 e. The zero-order valence-electron chi connectivity index (χ0n) is 11.2. The molecule has 0 aliphatic carbocycles. The van der Waals surface area contributed by atoms with Crippen molar-refractivity contribution in [3.63, 3.8) is 0 Å². The number of nitrogen functional groups attached to an aromatic ring is 1. The Morgan fingerprint density at radius 1 is 1.26 bits per heavy atom. The second-order valence-corrected chi connectivity index (χ2v) is 5.99. The molecule has 1 aromatic rings. The second kappa shape index (κ2) is 5.65. The summed E-state index contributed by atoms with van der Waals surface area (Å²) in [5.41, 5.74) is 6.66. The number of nitrogens with zero attached hydrogens (tertiary/aromatic N) is 3. The fraction of sp³-hybridized carbons (Fsp3) is 0.643. The summed E-state index contributed by atoms with van der Waals surface area (Å²) in [6, 6.07) is 4.33. The van der Waals surface area contributed by atoms with Gasteiger partial charge in [0.05, 0.1) is 10.7 Å².